The lowest BCUT2D eigenvalue weighted by molar-refractivity contribution is -0.140. The molecule has 76 valence electrons. The van der Waals surface area contributed by atoms with Crippen molar-refractivity contribution in [3.05, 3.63) is 0 Å². The summed E-state index contributed by atoms with van der Waals surface area (Å²) in [5, 5.41) is 8.21. The fraction of sp³-hybridized carbons (Fsp3) is 0.714. The van der Waals surface area contributed by atoms with E-state index in [4.69, 9.17) is 5.11 Å². The van der Waals surface area contributed by atoms with Crippen molar-refractivity contribution in [1.29, 1.82) is 0 Å². The van der Waals surface area contributed by atoms with E-state index < -0.39 is 24.8 Å². The van der Waals surface area contributed by atoms with Crippen molar-refractivity contribution in [3.8, 4) is 0 Å². The van der Waals surface area contributed by atoms with Crippen molar-refractivity contribution in [2.45, 2.75) is 19.3 Å². The van der Waals surface area contributed by atoms with E-state index in [0.29, 0.717) is 0 Å². The Morgan fingerprint density at radius 3 is 2.31 bits per heavy atom. The van der Waals surface area contributed by atoms with Crippen molar-refractivity contribution in [2.24, 2.45) is 0 Å². The van der Waals surface area contributed by atoms with Crippen LogP contribution in [0.25, 0.3) is 0 Å². The van der Waals surface area contributed by atoms with Gasteiger partial charge < -0.3 is 10.0 Å². The molecule has 0 radical (unpaired) electrons. The minimum atomic E-state index is -2.58. The summed E-state index contributed by atoms with van der Waals surface area (Å²) in [6, 6.07) is 0. The van der Waals surface area contributed by atoms with Crippen LogP contribution in [0.3, 0.4) is 0 Å². The van der Waals surface area contributed by atoms with Gasteiger partial charge in [0.1, 0.15) is 0 Å². The molecule has 0 spiro atoms. The van der Waals surface area contributed by atoms with Crippen LogP contribution in [0.4, 0.5) is 8.78 Å². The number of halogens is 2. The summed E-state index contributed by atoms with van der Waals surface area (Å²) in [7, 11) is 1.22. The minimum absolute atomic E-state index is 0.238. The first-order valence-corrected chi connectivity index (χ1v) is 3.67. The van der Waals surface area contributed by atoms with Gasteiger partial charge in [-0.1, -0.05) is 0 Å². The molecule has 0 heterocycles. The Labute approximate surface area is 74.1 Å². The first kappa shape index (κ1) is 11.8. The number of aliphatic carboxylic acids is 1. The molecule has 0 bridgehead atoms. The molecule has 0 atom stereocenters. The topological polar surface area (TPSA) is 57.6 Å². The lowest BCUT2D eigenvalue weighted by Gasteiger charge is -2.15. The molecule has 1 N–H and O–H groups in total. The van der Waals surface area contributed by atoms with Crippen molar-refractivity contribution in [1.82, 2.24) is 4.90 Å². The molecule has 0 saturated carbocycles. The molecule has 0 aliphatic heterocycles. The average Bonchev–Trinajstić information content (AvgIpc) is 1.98. The van der Waals surface area contributed by atoms with Crippen molar-refractivity contribution < 1.29 is 23.5 Å². The number of rotatable bonds is 5. The van der Waals surface area contributed by atoms with E-state index in [2.05, 4.69) is 0 Å². The lowest BCUT2D eigenvalue weighted by Crippen LogP contribution is -2.31. The molecule has 0 unspecified atom stereocenters. The normalized spacial score (nSPS) is 10.2. The number of hydrogen-bond donors (Lipinski definition) is 1. The molecule has 1 amide bonds. The van der Waals surface area contributed by atoms with Crippen LogP contribution in [0.5, 0.6) is 0 Å². The molecule has 6 heteroatoms. The fourth-order valence-electron chi connectivity index (χ4n) is 0.714. The second-order valence-electron chi connectivity index (χ2n) is 2.56. The number of carbonyl (C=O) groups is 2. The minimum Gasteiger partial charge on any atom is -0.481 e. The SMILES string of the molecule is CN(CC(F)F)C(=O)CCC(=O)O. The highest BCUT2D eigenvalue weighted by Gasteiger charge is 2.14. The quantitative estimate of drug-likeness (QED) is 0.697. The van der Waals surface area contributed by atoms with Gasteiger partial charge in [0, 0.05) is 13.5 Å². The van der Waals surface area contributed by atoms with Crippen LogP contribution in [0, 0.1) is 0 Å². The highest BCUT2D eigenvalue weighted by molar-refractivity contribution is 5.80. The van der Waals surface area contributed by atoms with E-state index in [1.165, 1.54) is 7.05 Å². The molecular weight excluding hydrogens is 184 g/mol. The highest BCUT2D eigenvalue weighted by Crippen LogP contribution is 2.00. The molecule has 0 aliphatic rings. The van der Waals surface area contributed by atoms with Gasteiger partial charge >= 0.3 is 5.97 Å². The van der Waals surface area contributed by atoms with Crippen LogP contribution in [0.1, 0.15) is 12.8 Å². The number of hydrogen-bond acceptors (Lipinski definition) is 2. The average molecular weight is 195 g/mol. The number of carboxylic acid groups (broad SMARTS) is 1. The standard InChI is InChI=1S/C7H11F2NO3/c1-10(4-5(8)9)6(11)2-3-7(12)13/h5H,2-4H2,1H3,(H,12,13). The van der Waals surface area contributed by atoms with Gasteiger partial charge in [0.2, 0.25) is 5.91 Å². The number of carboxylic acids is 1. The first-order valence-electron chi connectivity index (χ1n) is 3.67. The van der Waals surface area contributed by atoms with Gasteiger partial charge in [0.25, 0.3) is 6.43 Å². The number of nitrogens with zero attached hydrogens (tertiary/aromatic N) is 1. The van der Waals surface area contributed by atoms with Gasteiger partial charge in [-0.2, -0.15) is 0 Å². The van der Waals surface area contributed by atoms with E-state index in [-0.39, 0.29) is 12.8 Å². The summed E-state index contributed by atoms with van der Waals surface area (Å²) in [5.74, 6) is -1.69. The molecule has 0 aromatic heterocycles. The molecule has 0 aromatic carbocycles. The van der Waals surface area contributed by atoms with Crippen LogP contribution in [-0.2, 0) is 9.59 Å². The van der Waals surface area contributed by atoms with Gasteiger partial charge in [-0.25, -0.2) is 8.78 Å². The summed E-state index contributed by atoms with van der Waals surface area (Å²) in [5.41, 5.74) is 0. The molecule has 0 aromatic rings. The molecule has 0 fully saturated rings. The van der Waals surface area contributed by atoms with Crippen LogP contribution in [0.15, 0.2) is 0 Å². The Balaban J connectivity index is 3.76. The highest BCUT2D eigenvalue weighted by atomic mass is 19.3. The van der Waals surface area contributed by atoms with Crippen LogP contribution >= 0.6 is 0 Å². The van der Waals surface area contributed by atoms with Crippen LogP contribution in [-0.4, -0.2) is 41.9 Å². The maximum atomic E-state index is 11.7. The second kappa shape index (κ2) is 5.45. The Morgan fingerprint density at radius 1 is 1.38 bits per heavy atom. The molecule has 13 heavy (non-hydrogen) atoms. The van der Waals surface area contributed by atoms with E-state index in [1.54, 1.807) is 0 Å². The van der Waals surface area contributed by atoms with E-state index in [9.17, 15) is 18.4 Å². The Morgan fingerprint density at radius 2 is 1.92 bits per heavy atom. The summed E-state index contributed by atoms with van der Waals surface area (Å²) in [6.07, 6.45) is -3.15. The smallest absolute Gasteiger partial charge is 0.303 e. The Bertz CT molecular complexity index is 196. The number of amides is 1. The molecule has 0 rings (SSSR count). The third-order valence-corrected chi connectivity index (χ3v) is 1.39. The maximum Gasteiger partial charge on any atom is 0.303 e. The van der Waals surface area contributed by atoms with Crippen molar-refractivity contribution in [2.75, 3.05) is 13.6 Å². The predicted molar refractivity (Wildman–Crippen MR) is 40.5 cm³/mol. The van der Waals surface area contributed by atoms with Crippen molar-refractivity contribution >= 4 is 11.9 Å². The van der Waals surface area contributed by atoms with Gasteiger partial charge in [-0.3, -0.25) is 9.59 Å². The zero-order valence-electron chi connectivity index (χ0n) is 7.17. The van der Waals surface area contributed by atoms with Crippen LogP contribution < -0.4 is 0 Å². The molecule has 4 nitrogen and oxygen atoms in total. The Hall–Kier alpha value is -1.20. The first-order chi connectivity index (χ1) is 5.93. The molecular formula is C7H11F2NO3. The third kappa shape index (κ3) is 6.01. The van der Waals surface area contributed by atoms with Crippen molar-refractivity contribution in [3.63, 3.8) is 0 Å². The van der Waals surface area contributed by atoms with Gasteiger partial charge in [-0.15, -0.1) is 0 Å². The van der Waals surface area contributed by atoms with Gasteiger partial charge in [-0.05, 0) is 0 Å². The van der Waals surface area contributed by atoms with E-state index in [1.807, 2.05) is 0 Å². The zero-order valence-corrected chi connectivity index (χ0v) is 7.17. The van der Waals surface area contributed by atoms with Crippen LogP contribution in [0.2, 0.25) is 0 Å². The number of carbonyl (C=O) groups excluding carboxylic acids is 1. The fourth-order valence-corrected chi connectivity index (χ4v) is 0.714. The largest absolute Gasteiger partial charge is 0.481 e. The van der Waals surface area contributed by atoms with Gasteiger partial charge in [0.05, 0.1) is 13.0 Å². The number of alkyl halides is 2. The van der Waals surface area contributed by atoms with E-state index in [0.717, 1.165) is 4.90 Å². The Kier molecular flexibility index (Phi) is 4.94. The summed E-state index contributed by atoms with van der Waals surface area (Å²) < 4.78 is 23.5. The summed E-state index contributed by atoms with van der Waals surface area (Å²) in [6.45, 7) is -0.654. The summed E-state index contributed by atoms with van der Waals surface area (Å²) >= 11 is 0. The maximum absolute atomic E-state index is 11.7. The molecule has 0 aliphatic carbocycles. The third-order valence-electron chi connectivity index (χ3n) is 1.39. The monoisotopic (exact) mass is 195 g/mol. The molecule has 0 saturated heterocycles. The zero-order chi connectivity index (χ0) is 10.4. The predicted octanol–water partition coefficient (Wildman–Crippen LogP) is 0.575. The van der Waals surface area contributed by atoms with E-state index >= 15 is 0 Å². The summed E-state index contributed by atoms with van der Waals surface area (Å²) in [4.78, 5) is 21.8. The second-order valence-corrected chi connectivity index (χ2v) is 2.56. The van der Waals surface area contributed by atoms with Gasteiger partial charge in [0.15, 0.2) is 0 Å². The lowest BCUT2D eigenvalue weighted by atomic mass is 10.3.